The molecule has 6 heterocycles. The molecular weight excluding hydrogens is 759 g/mol. The van der Waals surface area contributed by atoms with E-state index in [-0.39, 0.29) is 23.2 Å². The van der Waals surface area contributed by atoms with E-state index in [9.17, 15) is 9.59 Å². The first-order chi connectivity index (χ1) is 28.9. The summed E-state index contributed by atoms with van der Waals surface area (Å²) in [6.07, 6.45) is 9.80. The van der Waals surface area contributed by atoms with Gasteiger partial charge in [-0.25, -0.2) is 9.97 Å². The molecule has 2 unspecified atom stereocenters. The van der Waals surface area contributed by atoms with E-state index in [2.05, 4.69) is 99.7 Å². The van der Waals surface area contributed by atoms with Crippen molar-refractivity contribution in [1.29, 1.82) is 0 Å². The van der Waals surface area contributed by atoms with Crippen molar-refractivity contribution in [2.45, 2.75) is 88.0 Å². The lowest BCUT2D eigenvalue weighted by molar-refractivity contribution is -0.137. The van der Waals surface area contributed by atoms with Crippen LogP contribution in [-0.2, 0) is 22.7 Å². The standard InChI is InChI=1S/C45H53N11O2S/c57-40-17-16-39(42(58)50-40)55-29-31-11-10-30(26-37(31)43(55)59)28-52-22-24-54(25-23-52)35-18-20-53(21-19-35)34-14-12-33(13-15-34)47-44-46-27-38-41(51-44)56(36-8-4-5-9-36)45(49-38)48-32-6-2-1-3-7-32/h1-3,6-7,10-15,26-27,35-36,39,43,59H,4-5,8-9,16-25,28-29H2,(H,48,49)(H,46,47,51)(H,50,57,58). The van der Waals surface area contributed by atoms with Crippen LogP contribution in [0.1, 0.15) is 79.5 Å². The number of benzene rings is 3. The van der Waals surface area contributed by atoms with Gasteiger partial charge in [-0.15, -0.1) is 0 Å². The number of imidazole rings is 1. The molecule has 2 atom stereocenters. The number of piperazine rings is 1. The van der Waals surface area contributed by atoms with Crippen LogP contribution < -0.4 is 20.9 Å². The van der Waals surface area contributed by atoms with E-state index >= 15 is 0 Å². The zero-order valence-electron chi connectivity index (χ0n) is 33.5. The average molecular weight is 812 g/mol. The van der Waals surface area contributed by atoms with Gasteiger partial charge in [0.05, 0.1) is 17.6 Å². The lowest BCUT2D eigenvalue weighted by Gasteiger charge is -2.43. The highest BCUT2D eigenvalue weighted by Crippen LogP contribution is 2.40. The molecule has 0 spiro atoms. The number of thiol groups is 1. The van der Waals surface area contributed by atoms with Crippen molar-refractivity contribution in [3.05, 3.63) is 95.7 Å². The van der Waals surface area contributed by atoms with Gasteiger partial charge in [0.1, 0.15) is 5.52 Å². The zero-order valence-corrected chi connectivity index (χ0v) is 34.4. The van der Waals surface area contributed by atoms with E-state index in [4.69, 9.17) is 22.6 Å². The van der Waals surface area contributed by atoms with Gasteiger partial charge in [-0.05, 0) is 85.2 Å². The zero-order chi connectivity index (χ0) is 39.9. The summed E-state index contributed by atoms with van der Waals surface area (Å²) in [7, 11) is 0. The van der Waals surface area contributed by atoms with Crippen LogP contribution in [0, 0.1) is 0 Å². The molecule has 10 rings (SSSR count). The molecule has 1 saturated carbocycles. The third-order valence-electron chi connectivity index (χ3n) is 13.2. The summed E-state index contributed by atoms with van der Waals surface area (Å²) in [6.45, 7) is 8.02. The highest BCUT2D eigenvalue weighted by molar-refractivity contribution is 7.80. The van der Waals surface area contributed by atoms with Gasteiger partial charge in [-0.3, -0.25) is 34.2 Å². The Bertz CT molecular complexity index is 2300. The summed E-state index contributed by atoms with van der Waals surface area (Å²) >= 11 is 4.94. The number of carbonyl (C=O) groups excluding carboxylic acids is 2. The number of hydrogen-bond acceptors (Lipinski definition) is 12. The Morgan fingerprint density at radius 1 is 0.780 bits per heavy atom. The van der Waals surface area contributed by atoms with Gasteiger partial charge in [0.25, 0.3) is 0 Å². The van der Waals surface area contributed by atoms with Gasteiger partial charge < -0.3 is 15.5 Å². The van der Waals surface area contributed by atoms with Crippen molar-refractivity contribution in [1.82, 2.24) is 39.5 Å². The predicted molar refractivity (Wildman–Crippen MR) is 234 cm³/mol. The minimum atomic E-state index is -0.312. The second-order valence-electron chi connectivity index (χ2n) is 16.9. The van der Waals surface area contributed by atoms with Gasteiger partial charge in [0.15, 0.2) is 5.65 Å². The molecule has 3 aromatic carbocycles. The maximum atomic E-state index is 12.6. The van der Waals surface area contributed by atoms with E-state index in [1.807, 2.05) is 24.4 Å². The van der Waals surface area contributed by atoms with Crippen molar-refractivity contribution in [3.63, 3.8) is 0 Å². The number of nitrogens with zero attached hydrogens (tertiary/aromatic N) is 8. The largest absolute Gasteiger partial charge is 0.371 e. The number of imide groups is 1. The number of fused-ring (bicyclic) bond motifs is 2. The van der Waals surface area contributed by atoms with Crippen LogP contribution in [0.15, 0.2) is 79.0 Å². The van der Waals surface area contributed by atoms with Gasteiger partial charge in [0, 0.05) is 87.9 Å². The number of rotatable bonds is 10. The smallest absolute Gasteiger partial charge is 0.243 e. The van der Waals surface area contributed by atoms with E-state index < -0.39 is 0 Å². The Kier molecular flexibility index (Phi) is 10.7. The molecule has 0 radical (unpaired) electrons. The molecule has 5 aliphatic rings. The monoisotopic (exact) mass is 811 g/mol. The van der Waals surface area contributed by atoms with Crippen molar-refractivity contribution in [3.8, 4) is 0 Å². The van der Waals surface area contributed by atoms with Crippen LogP contribution in [0.25, 0.3) is 11.2 Å². The Hall–Kier alpha value is -5.02. The molecule has 5 aromatic rings. The SMILES string of the molecule is O=C1CCC(N2Cc3ccc(CN4CCN(C5CCN(c6ccc(Nc7ncc8nc(Nc9ccccc9)n(C9CCCC9)c8n7)cc6)CC5)CC4)cc3C2S)C(=O)N1. The summed E-state index contributed by atoms with van der Waals surface area (Å²) in [6, 6.07) is 26.3. The first-order valence-corrected chi connectivity index (χ1v) is 22.0. The Morgan fingerprint density at radius 3 is 2.31 bits per heavy atom. The molecule has 14 heteroatoms. The van der Waals surface area contributed by atoms with Crippen LogP contribution in [0.5, 0.6) is 0 Å². The number of piperidine rings is 2. The molecule has 3 saturated heterocycles. The van der Waals surface area contributed by atoms with Gasteiger partial charge in [-0.1, -0.05) is 49.2 Å². The van der Waals surface area contributed by atoms with E-state index in [0.717, 1.165) is 87.1 Å². The second-order valence-corrected chi connectivity index (χ2v) is 17.4. The highest BCUT2D eigenvalue weighted by Gasteiger charge is 2.39. The van der Waals surface area contributed by atoms with E-state index in [1.54, 1.807) is 0 Å². The maximum Gasteiger partial charge on any atom is 0.243 e. The first kappa shape index (κ1) is 38.2. The lowest BCUT2D eigenvalue weighted by atomic mass is 10.0. The Balaban J connectivity index is 0.709. The number of aromatic nitrogens is 4. The van der Waals surface area contributed by atoms with E-state index in [0.29, 0.717) is 37.4 Å². The summed E-state index contributed by atoms with van der Waals surface area (Å²) in [5.41, 5.74) is 8.59. The van der Waals surface area contributed by atoms with Crippen LogP contribution in [-0.4, -0.2) is 97.4 Å². The molecule has 3 N–H and O–H groups in total. The van der Waals surface area contributed by atoms with Crippen LogP contribution in [0.3, 0.4) is 0 Å². The molecule has 59 heavy (non-hydrogen) atoms. The number of hydrogen-bond donors (Lipinski definition) is 4. The van der Waals surface area contributed by atoms with Gasteiger partial charge >= 0.3 is 0 Å². The number of nitrogens with one attached hydrogen (secondary N) is 3. The summed E-state index contributed by atoms with van der Waals surface area (Å²) in [4.78, 5) is 48.8. The van der Waals surface area contributed by atoms with Crippen LogP contribution in [0.2, 0.25) is 0 Å². The third kappa shape index (κ3) is 8.03. The van der Waals surface area contributed by atoms with Crippen molar-refractivity contribution in [2.24, 2.45) is 0 Å². The molecule has 0 bridgehead atoms. The fourth-order valence-corrected chi connectivity index (χ4v) is 10.5. The maximum absolute atomic E-state index is 12.6. The van der Waals surface area contributed by atoms with Crippen molar-refractivity contribution in [2.75, 3.05) is 54.8 Å². The normalized spacial score (nSPS) is 22.6. The fraction of sp³-hybridized carbons (Fsp3) is 0.444. The molecule has 306 valence electrons. The second kappa shape index (κ2) is 16.6. The number of carbonyl (C=O) groups is 2. The number of para-hydroxylation sites is 1. The molecule has 2 amide bonds. The summed E-state index contributed by atoms with van der Waals surface area (Å²) in [5, 5.41) is 9.35. The van der Waals surface area contributed by atoms with Crippen molar-refractivity contribution >= 4 is 64.6 Å². The topological polar surface area (TPSA) is 127 Å². The minimum Gasteiger partial charge on any atom is -0.371 e. The first-order valence-electron chi connectivity index (χ1n) is 21.5. The van der Waals surface area contributed by atoms with Gasteiger partial charge in [0.2, 0.25) is 23.7 Å². The van der Waals surface area contributed by atoms with Gasteiger partial charge in [-0.2, -0.15) is 17.6 Å². The fourth-order valence-electron chi connectivity index (χ4n) is 9.99. The van der Waals surface area contributed by atoms with Crippen LogP contribution in [0.4, 0.5) is 29.0 Å². The molecule has 13 nitrogen and oxygen atoms in total. The number of anilines is 5. The molecular formula is C45H53N11O2S. The Morgan fingerprint density at radius 2 is 1.54 bits per heavy atom. The molecule has 4 aliphatic heterocycles. The lowest BCUT2D eigenvalue weighted by Crippen LogP contribution is -2.53. The summed E-state index contributed by atoms with van der Waals surface area (Å²) in [5.74, 6) is 1.02. The predicted octanol–water partition coefficient (Wildman–Crippen LogP) is 6.76. The molecule has 1 aliphatic carbocycles. The van der Waals surface area contributed by atoms with Crippen molar-refractivity contribution < 1.29 is 9.59 Å². The Labute approximate surface area is 351 Å². The quantitative estimate of drug-likeness (QED) is 0.0883. The minimum absolute atomic E-state index is 0.142. The molecule has 2 aromatic heterocycles. The average Bonchev–Trinajstić information content (AvgIpc) is 4.00. The van der Waals surface area contributed by atoms with Crippen LogP contribution >= 0.6 is 12.6 Å². The summed E-state index contributed by atoms with van der Waals surface area (Å²) < 4.78 is 2.28. The van der Waals surface area contributed by atoms with E-state index in [1.165, 1.54) is 48.1 Å². The highest BCUT2D eigenvalue weighted by atomic mass is 32.1. The third-order valence-corrected chi connectivity index (χ3v) is 13.8. The molecule has 4 fully saturated rings. The number of amides is 2.